The van der Waals surface area contributed by atoms with Gasteiger partial charge in [0, 0.05) is 12.8 Å². The first-order chi connectivity index (χ1) is 11.4. The number of carbonyl (C=O) groups excluding carboxylic acids is 3. The summed E-state index contributed by atoms with van der Waals surface area (Å²) in [5.74, 6) is -0.960. The third-order valence-corrected chi connectivity index (χ3v) is 3.17. The molecule has 0 radical (unpaired) electrons. The van der Waals surface area contributed by atoms with Crippen molar-refractivity contribution in [3.05, 3.63) is 0 Å². The molecule has 1 atom stereocenters. The lowest BCUT2D eigenvalue weighted by Crippen LogP contribution is -2.29. The molecule has 140 valence electrons. The van der Waals surface area contributed by atoms with E-state index < -0.39 is 12.1 Å². The molecular weight excluding hydrogens is 312 g/mol. The summed E-state index contributed by atoms with van der Waals surface area (Å²) in [5.41, 5.74) is 0. The van der Waals surface area contributed by atoms with Crippen LogP contribution in [-0.4, -0.2) is 37.2 Å². The molecule has 6 heteroatoms. The number of rotatable bonds is 13. The Labute approximate surface area is 145 Å². The van der Waals surface area contributed by atoms with Crippen LogP contribution in [0.1, 0.15) is 72.6 Å². The van der Waals surface area contributed by atoms with Crippen LogP contribution in [-0.2, 0) is 28.6 Å². The first-order valence-corrected chi connectivity index (χ1v) is 8.89. The maximum absolute atomic E-state index is 11.8. The molecule has 0 aromatic rings. The second kappa shape index (κ2) is 13.8. The van der Waals surface area contributed by atoms with E-state index in [1.165, 1.54) is 0 Å². The Morgan fingerprint density at radius 1 is 0.792 bits per heavy atom. The van der Waals surface area contributed by atoms with Gasteiger partial charge in [-0.2, -0.15) is 0 Å². The number of ether oxygens (including phenoxy) is 3. The maximum Gasteiger partial charge on any atom is 0.309 e. The summed E-state index contributed by atoms with van der Waals surface area (Å²) >= 11 is 0. The zero-order chi connectivity index (χ0) is 18.4. The lowest BCUT2D eigenvalue weighted by molar-refractivity contribution is -0.164. The van der Waals surface area contributed by atoms with Gasteiger partial charge in [0.15, 0.2) is 0 Å². The van der Waals surface area contributed by atoms with E-state index in [1.807, 2.05) is 27.7 Å². The molecule has 0 heterocycles. The van der Waals surface area contributed by atoms with Gasteiger partial charge in [0.1, 0.15) is 12.7 Å². The lowest BCUT2D eigenvalue weighted by Gasteiger charge is -2.18. The van der Waals surface area contributed by atoms with Crippen LogP contribution >= 0.6 is 0 Å². The number of carbonyl (C=O) groups is 3. The summed E-state index contributed by atoms with van der Waals surface area (Å²) in [6, 6.07) is 0. The average Bonchev–Trinajstić information content (AvgIpc) is 2.53. The van der Waals surface area contributed by atoms with Crippen LogP contribution in [0.2, 0.25) is 0 Å². The normalized spacial score (nSPS) is 11.9. The van der Waals surface area contributed by atoms with Gasteiger partial charge in [-0.05, 0) is 18.8 Å². The molecule has 6 nitrogen and oxygen atoms in total. The molecular formula is C18H32O6. The van der Waals surface area contributed by atoms with E-state index in [2.05, 4.69) is 0 Å². The van der Waals surface area contributed by atoms with Crippen molar-refractivity contribution in [3.63, 3.8) is 0 Å². The minimum absolute atomic E-state index is 0.106. The summed E-state index contributed by atoms with van der Waals surface area (Å²) in [6.07, 6.45) is 2.96. The van der Waals surface area contributed by atoms with Crippen LogP contribution in [0.15, 0.2) is 0 Å². The van der Waals surface area contributed by atoms with Gasteiger partial charge in [0.2, 0.25) is 0 Å². The second-order valence-electron chi connectivity index (χ2n) is 6.28. The third-order valence-electron chi connectivity index (χ3n) is 3.17. The van der Waals surface area contributed by atoms with E-state index in [9.17, 15) is 14.4 Å². The van der Waals surface area contributed by atoms with E-state index in [0.29, 0.717) is 13.0 Å². The van der Waals surface area contributed by atoms with Crippen LogP contribution in [0.25, 0.3) is 0 Å². The topological polar surface area (TPSA) is 78.9 Å². The Kier molecular flexibility index (Phi) is 12.9. The molecule has 0 aliphatic heterocycles. The van der Waals surface area contributed by atoms with Crippen molar-refractivity contribution in [2.75, 3.05) is 13.2 Å². The van der Waals surface area contributed by atoms with E-state index in [1.54, 1.807) is 0 Å². The van der Waals surface area contributed by atoms with Crippen molar-refractivity contribution in [2.24, 2.45) is 5.92 Å². The van der Waals surface area contributed by atoms with Gasteiger partial charge >= 0.3 is 17.9 Å². The number of hydrogen-bond acceptors (Lipinski definition) is 6. The highest BCUT2D eigenvalue weighted by atomic mass is 16.6. The first-order valence-electron chi connectivity index (χ1n) is 8.89. The van der Waals surface area contributed by atoms with Crippen LogP contribution in [0.5, 0.6) is 0 Å². The molecule has 0 bridgehead atoms. The monoisotopic (exact) mass is 344 g/mol. The van der Waals surface area contributed by atoms with Crippen molar-refractivity contribution in [2.45, 2.75) is 78.7 Å². The Balaban J connectivity index is 4.44. The molecule has 0 N–H and O–H groups in total. The summed E-state index contributed by atoms with van der Waals surface area (Å²) in [5, 5.41) is 0. The lowest BCUT2D eigenvalue weighted by atomic mass is 10.2. The highest BCUT2D eigenvalue weighted by Gasteiger charge is 2.21. The van der Waals surface area contributed by atoms with Gasteiger partial charge in [0.25, 0.3) is 0 Å². The van der Waals surface area contributed by atoms with Crippen molar-refractivity contribution in [1.29, 1.82) is 0 Å². The minimum Gasteiger partial charge on any atom is -0.465 e. The molecule has 24 heavy (non-hydrogen) atoms. The number of unbranched alkanes of at least 4 members (excludes halogenated alkanes) is 2. The zero-order valence-corrected chi connectivity index (χ0v) is 15.5. The maximum atomic E-state index is 11.8. The summed E-state index contributed by atoms with van der Waals surface area (Å²) in [6.45, 7) is 8.03. The highest BCUT2D eigenvalue weighted by Crippen LogP contribution is 2.08. The van der Waals surface area contributed by atoms with Crippen LogP contribution in [0.4, 0.5) is 0 Å². The standard InChI is InChI=1S/C18H32O6/c1-5-7-9-16(19)23-13-15(24-17(20)10-8-6-2)11-18(21)22-12-14(3)4/h14-15H,5-13H2,1-4H3. The molecule has 0 amide bonds. The smallest absolute Gasteiger partial charge is 0.309 e. The molecule has 0 saturated heterocycles. The van der Waals surface area contributed by atoms with Crippen LogP contribution in [0, 0.1) is 5.92 Å². The fraction of sp³-hybridized carbons (Fsp3) is 0.833. The third kappa shape index (κ3) is 12.9. The van der Waals surface area contributed by atoms with Crippen molar-refractivity contribution >= 4 is 17.9 Å². The number of esters is 3. The summed E-state index contributed by atoms with van der Waals surface area (Å²) in [7, 11) is 0. The largest absolute Gasteiger partial charge is 0.465 e. The fourth-order valence-electron chi connectivity index (χ4n) is 1.78. The summed E-state index contributed by atoms with van der Waals surface area (Å²) < 4.78 is 15.5. The molecule has 0 aliphatic rings. The molecule has 0 aromatic heterocycles. The van der Waals surface area contributed by atoms with E-state index in [4.69, 9.17) is 14.2 Å². The predicted molar refractivity (Wildman–Crippen MR) is 90.3 cm³/mol. The van der Waals surface area contributed by atoms with Gasteiger partial charge in [-0.3, -0.25) is 14.4 Å². The SMILES string of the molecule is CCCCC(=O)OCC(CC(=O)OCC(C)C)OC(=O)CCCC. The quantitative estimate of drug-likeness (QED) is 0.376. The van der Waals surface area contributed by atoms with Crippen LogP contribution in [0.3, 0.4) is 0 Å². The van der Waals surface area contributed by atoms with E-state index in [-0.39, 0.29) is 37.3 Å². The van der Waals surface area contributed by atoms with Crippen molar-refractivity contribution in [3.8, 4) is 0 Å². The first kappa shape index (κ1) is 22.4. The molecule has 0 saturated carbocycles. The molecule has 0 fully saturated rings. The molecule has 0 spiro atoms. The van der Waals surface area contributed by atoms with Gasteiger partial charge < -0.3 is 14.2 Å². The van der Waals surface area contributed by atoms with Gasteiger partial charge in [-0.1, -0.05) is 40.5 Å². The summed E-state index contributed by atoms with van der Waals surface area (Å²) in [4.78, 5) is 35.2. The molecule has 0 aliphatic carbocycles. The Bertz CT molecular complexity index is 378. The second-order valence-corrected chi connectivity index (χ2v) is 6.28. The molecule has 1 unspecified atom stereocenters. The Morgan fingerprint density at radius 2 is 1.33 bits per heavy atom. The van der Waals surface area contributed by atoms with E-state index in [0.717, 1.165) is 25.7 Å². The fourth-order valence-corrected chi connectivity index (χ4v) is 1.78. The minimum atomic E-state index is -0.792. The molecule has 0 aromatic carbocycles. The number of hydrogen-bond donors (Lipinski definition) is 0. The van der Waals surface area contributed by atoms with Crippen molar-refractivity contribution < 1.29 is 28.6 Å². The van der Waals surface area contributed by atoms with Crippen LogP contribution < -0.4 is 0 Å². The average molecular weight is 344 g/mol. The van der Waals surface area contributed by atoms with Crippen molar-refractivity contribution in [1.82, 2.24) is 0 Å². The Morgan fingerprint density at radius 3 is 1.88 bits per heavy atom. The molecule has 0 rings (SSSR count). The predicted octanol–water partition coefficient (Wildman–Crippen LogP) is 3.41. The highest BCUT2D eigenvalue weighted by molar-refractivity contribution is 5.73. The van der Waals surface area contributed by atoms with E-state index >= 15 is 0 Å². The zero-order valence-electron chi connectivity index (χ0n) is 15.5. The van der Waals surface area contributed by atoms with Gasteiger partial charge in [0.05, 0.1) is 13.0 Å². The Hall–Kier alpha value is -1.59. The van der Waals surface area contributed by atoms with Gasteiger partial charge in [-0.25, -0.2) is 0 Å². The van der Waals surface area contributed by atoms with Gasteiger partial charge in [-0.15, -0.1) is 0 Å².